The Morgan fingerprint density at radius 2 is 1.68 bits per heavy atom. The van der Waals surface area contributed by atoms with E-state index >= 15 is 0 Å². The van der Waals surface area contributed by atoms with Crippen LogP contribution < -0.4 is 10.2 Å². The molecule has 2 heterocycles. The number of halogens is 2. The lowest BCUT2D eigenvalue weighted by atomic mass is 10.0. The van der Waals surface area contributed by atoms with E-state index in [1.54, 1.807) is 6.07 Å². The predicted molar refractivity (Wildman–Crippen MR) is 102 cm³/mol. The monoisotopic (exact) mass is 376 g/mol. The Hall–Kier alpha value is -1.26. The molecule has 0 radical (unpaired) electrons. The van der Waals surface area contributed by atoms with Crippen molar-refractivity contribution in [1.29, 1.82) is 0 Å². The fourth-order valence-electron chi connectivity index (χ4n) is 4.00. The summed E-state index contributed by atoms with van der Waals surface area (Å²) in [5.74, 6) is 0.810. The van der Waals surface area contributed by atoms with Crippen molar-refractivity contribution in [3.05, 3.63) is 64.1 Å². The van der Waals surface area contributed by atoms with Crippen LogP contribution in [0.3, 0.4) is 0 Å². The summed E-state index contributed by atoms with van der Waals surface area (Å²) < 4.78 is 6.19. The first-order valence-electron chi connectivity index (χ1n) is 8.86. The number of rotatable bonds is 5. The van der Waals surface area contributed by atoms with Crippen LogP contribution in [0.25, 0.3) is 0 Å². The quantitative estimate of drug-likeness (QED) is 0.787. The number of hydrazine groups is 1. The first-order valence-corrected chi connectivity index (χ1v) is 9.62. The van der Waals surface area contributed by atoms with Crippen molar-refractivity contribution < 1.29 is 4.74 Å². The lowest BCUT2D eigenvalue weighted by molar-refractivity contribution is 0.0132. The van der Waals surface area contributed by atoms with Crippen LogP contribution in [0.5, 0.6) is 5.75 Å². The molecule has 0 amide bonds. The predicted octanol–water partition coefficient (Wildman–Crippen LogP) is 5.07. The molecule has 25 heavy (non-hydrogen) atoms. The first kappa shape index (κ1) is 17.2. The average Bonchev–Trinajstić information content (AvgIpc) is 2.86. The molecule has 5 heteroatoms. The summed E-state index contributed by atoms with van der Waals surface area (Å²) in [6.45, 7) is 0.881. The van der Waals surface area contributed by atoms with Crippen molar-refractivity contribution in [2.24, 2.45) is 0 Å². The molecule has 2 aromatic carbocycles. The summed E-state index contributed by atoms with van der Waals surface area (Å²) in [7, 11) is 0. The Bertz CT molecular complexity index is 711. The molecule has 0 aromatic heterocycles. The van der Waals surface area contributed by atoms with Crippen LogP contribution in [0.4, 0.5) is 0 Å². The van der Waals surface area contributed by atoms with E-state index in [4.69, 9.17) is 27.9 Å². The number of ether oxygens (including phenoxy) is 1. The second kappa shape index (κ2) is 7.55. The summed E-state index contributed by atoms with van der Waals surface area (Å²) in [6, 6.07) is 17.1. The van der Waals surface area contributed by atoms with E-state index in [-0.39, 0.29) is 6.10 Å². The lowest BCUT2D eigenvalue weighted by Gasteiger charge is -2.39. The molecule has 2 aromatic rings. The minimum atomic E-state index is 0.240. The summed E-state index contributed by atoms with van der Waals surface area (Å²) in [6.07, 6.45) is 4.78. The number of hydrogen-bond donors (Lipinski definition) is 1. The molecular formula is C20H22Cl2N2O. The van der Waals surface area contributed by atoms with Gasteiger partial charge in [-0.2, -0.15) is 0 Å². The van der Waals surface area contributed by atoms with Gasteiger partial charge in [0.1, 0.15) is 11.9 Å². The van der Waals surface area contributed by atoms with Gasteiger partial charge in [-0.15, -0.1) is 0 Å². The van der Waals surface area contributed by atoms with Gasteiger partial charge in [-0.1, -0.05) is 53.5 Å². The molecule has 2 fully saturated rings. The average molecular weight is 377 g/mol. The van der Waals surface area contributed by atoms with Gasteiger partial charge in [0.2, 0.25) is 0 Å². The highest BCUT2D eigenvalue weighted by atomic mass is 35.5. The molecule has 2 aliphatic heterocycles. The van der Waals surface area contributed by atoms with Crippen molar-refractivity contribution in [3.8, 4) is 5.75 Å². The van der Waals surface area contributed by atoms with Crippen molar-refractivity contribution in [2.45, 2.75) is 50.4 Å². The Morgan fingerprint density at radius 3 is 2.36 bits per heavy atom. The van der Waals surface area contributed by atoms with Crippen molar-refractivity contribution in [3.63, 3.8) is 0 Å². The zero-order valence-corrected chi connectivity index (χ0v) is 15.5. The molecule has 2 aliphatic rings. The highest BCUT2D eigenvalue weighted by Crippen LogP contribution is 2.37. The van der Waals surface area contributed by atoms with Crippen molar-refractivity contribution in [1.82, 2.24) is 10.4 Å². The second-order valence-electron chi connectivity index (χ2n) is 6.90. The van der Waals surface area contributed by atoms with E-state index in [1.807, 2.05) is 12.1 Å². The molecule has 2 atom stereocenters. The Morgan fingerprint density at radius 1 is 0.960 bits per heavy atom. The number of nitrogens with zero attached hydrogens (tertiary/aromatic N) is 1. The summed E-state index contributed by atoms with van der Waals surface area (Å²) >= 11 is 12.1. The van der Waals surface area contributed by atoms with E-state index in [9.17, 15) is 0 Å². The van der Waals surface area contributed by atoms with Crippen LogP contribution in [0.15, 0.2) is 48.5 Å². The molecule has 2 bridgehead atoms. The van der Waals surface area contributed by atoms with Gasteiger partial charge < -0.3 is 4.74 Å². The zero-order chi connectivity index (χ0) is 17.2. The molecular weight excluding hydrogens is 355 g/mol. The van der Waals surface area contributed by atoms with Crippen molar-refractivity contribution >= 4 is 23.2 Å². The fraction of sp³-hybridized carbons (Fsp3) is 0.400. The van der Waals surface area contributed by atoms with Crippen LogP contribution in [0.2, 0.25) is 10.0 Å². The standard InChI is InChI=1S/C20H22Cl2N2O/c21-19-9-8-17(12-20(19)22)25-18-10-15-6-7-16(11-18)24(15)23-13-14-4-2-1-3-5-14/h1-5,8-9,12,15-16,18,23H,6-7,10-11,13H2. The van der Waals surface area contributed by atoms with Crippen LogP contribution in [-0.4, -0.2) is 23.2 Å². The normalized spacial score (nSPS) is 25.9. The second-order valence-corrected chi connectivity index (χ2v) is 7.71. The van der Waals surface area contributed by atoms with Gasteiger partial charge in [0.25, 0.3) is 0 Å². The van der Waals surface area contributed by atoms with Gasteiger partial charge in [-0.05, 0) is 30.5 Å². The number of hydrogen-bond acceptors (Lipinski definition) is 3. The summed E-state index contributed by atoms with van der Waals surface area (Å²) in [5, 5.41) is 3.57. The molecule has 0 spiro atoms. The Balaban J connectivity index is 1.35. The highest BCUT2D eigenvalue weighted by molar-refractivity contribution is 6.42. The van der Waals surface area contributed by atoms with E-state index in [1.165, 1.54) is 18.4 Å². The SMILES string of the molecule is Clc1ccc(OC2CC3CCC(C2)N3NCc2ccccc2)cc1Cl. The first-order chi connectivity index (χ1) is 12.2. The lowest BCUT2D eigenvalue weighted by Crippen LogP contribution is -2.52. The van der Waals surface area contributed by atoms with Gasteiger partial charge in [0.15, 0.2) is 0 Å². The minimum absolute atomic E-state index is 0.240. The topological polar surface area (TPSA) is 24.5 Å². The van der Waals surface area contributed by atoms with Crippen LogP contribution in [-0.2, 0) is 6.54 Å². The Labute approximate surface area is 158 Å². The van der Waals surface area contributed by atoms with Crippen LogP contribution >= 0.6 is 23.2 Å². The van der Waals surface area contributed by atoms with Crippen molar-refractivity contribution in [2.75, 3.05) is 0 Å². The molecule has 132 valence electrons. The minimum Gasteiger partial charge on any atom is -0.490 e. The van der Waals surface area contributed by atoms with Crippen LogP contribution in [0, 0.1) is 0 Å². The van der Waals surface area contributed by atoms with Gasteiger partial charge in [0.05, 0.1) is 10.0 Å². The number of benzene rings is 2. The van der Waals surface area contributed by atoms with Crippen LogP contribution in [0.1, 0.15) is 31.2 Å². The molecule has 4 rings (SSSR count). The fourth-order valence-corrected chi connectivity index (χ4v) is 4.29. The van der Waals surface area contributed by atoms with E-state index in [2.05, 4.69) is 40.8 Å². The third kappa shape index (κ3) is 3.95. The van der Waals surface area contributed by atoms with Gasteiger partial charge in [0, 0.05) is 37.5 Å². The largest absolute Gasteiger partial charge is 0.490 e. The summed E-state index contributed by atoms with van der Waals surface area (Å²) in [5.41, 5.74) is 4.96. The molecule has 3 nitrogen and oxygen atoms in total. The maximum atomic E-state index is 6.19. The third-order valence-corrected chi connectivity index (χ3v) is 5.93. The van der Waals surface area contributed by atoms with Gasteiger partial charge in [-0.3, -0.25) is 5.43 Å². The molecule has 2 unspecified atom stereocenters. The highest BCUT2D eigenvalue weighted by Gasteiger charge is 2.41. The van der Waals surface area contributed by atoms with Gasteiger partial charge in [-0.25, -0.2) is 5.01 Å². The van der Waals surface area contributed by atoms with Gasteiger partial charge >= 0.3 is 0 Å². The molecule has 2 saturated heterocycles. The van der Waals surface area contributed by atoms with E-state index in [0.29, 0.717) is 22.1 Å². The maximum absolute atomic E-state index is 6.19. The summed E-state index contributed by atoms with van der Waals surface area (Å²) in [4.78, 5) is 0. The maximum Gasteiger partial charge on any atom is 0.121 e. The number of piperidine rings is 1. The van der Waals surface area contributed by atoms with E-state index < -0.39 is 0 Å². The molecule has 0 aliphatic carbocycles. The molecule has 0 saturated carbocycles. The third-order valence-electron chi connectivity index (χ3n) is 5.19. The van der Waals surface area contributed by atoms with E-state index in [0.717, 1.165) is 25.1 Å². The number of fused-ring (bicyclic) bond motifs is 2. The molecule has 1 N–H and O–H groups in total. The smallest absolute Gasteiger partial charge is 0.121 e. The zero-order valence-electron chi connectivity index (χ0n) is 14.0. The Kier molecular flexibility index (Phi) is 5.18. The number of nitrogens with one attached hydrogen (secondary N) is 1.